The van der Waals surface area contributed by atoms with Crippen molar-refractivity contribution in [1.82, 2.24) is 0 Å². The fourth-order valence-corrected chi connectivity index (χ4v) is 2.12. The molecule has 0 fully saturated rings. The first-order valence-electron chi connectivity index (χ1n) is 5.67. The second kappa shape index (κ2) is 6.29. The average Bonchev–Trinajstić information content (AvgIpc) is 2.32. The minimum atomic E-state index is -4.81. The van der Waals surface area contributed by atoms with Gasteiger partial charge in [0.25, 0.3) is 5.69 Å². The lowest BCUT2D eigenvalue weighted by Crippen LogP contribution is -2.12. The number of nitro groups is 1. The van der Waals surface area contributed by atoms with Crippen molar-refractivity contribution in [3.63, 3.8) is 0 Å². The molecule has 1 aromatic carbocycles. The van der Waals surface area contributed by atoms with Crippen molar-refractivity contribution in [2.24, 2.45) is 0 Å². The van der Waals surface area contributed by atoms with Gasteiger partial charge >= 0.3 is 6.18 Å². The molecule has 10 heteroatoms. The van der Waals surface area contributed by atoms with Gasteiger partial charge in [0, 0.05) is 18.4 Å². The molecular weight excluding hydrogens is 315 g/mol. The smallest absolute Gasteiger partial charge is 0.420 e. The Morgan fingerprint density at radius 3 is 2.43 bits per heavy atom. The second-order valence-electron chi connectivity index (χ2n) is 4.27. The molecule has 0 aliphatic carbocycles. The first-order chi connectivity index (χ1) is 9.50. The van der Waals surface area contributed by atoms with Gasteiger partial charge in [0.05, 0.1) is 17.3 Å². The van der Waals surface area contributed by atoms with Crippen molar-refractivity contribution < 1.29 is 31.2 Å². The molecule has 0 spiro atoms. The Balaban J connectivity index is 2.89. The highest BCUT2D eigenvalue weighted by atomic mass is 32.2. The van der Waals surface area contributed by atoms with Crippen molar-refractivity contribution in [3.8, 4) is 5.75 Å². The van der Waals surface area contributed by atoms with Crippen LogP contribution < -0.4 is 4.74 Å². The molecule has 0 unspecified atom stereocenters. The maximum atomic E-state index is 12.8. The van der Waals surface area contributed by atoms with Crippen molar-refractivity contribution >= 4 is 15.5 Å². The molecule has 0 atom stereocenters. The maximum Gasteiger partial charge on any atom is 0.420 e. The molecule has 0 N–H and O–H groups in total. The summed E-state index contributed by atoms with van der Waals surface area (Å²) in [6, 6.07) is 2.12. The molecule has 0 aromatic heterocycles. The van der Waals surface area contributed by atoms with Gasteiger partial charge in [-0.3, -0.25) is 10.1 Å². The summed E-state index contributed by atoms with van der Waals surface area (Å²) in [5.41, 5.74) is -1.97. The summed E-state index contributed by atoms with van der Waals surface area (Å²) in [5.74, 6) is -0.789. The van der Waals surface area contributed by atoms with E-state index in [1.54, 1.807) is 0 Å². The molecular formula is C11H12F3NO5S. The summed E-state index contributed by atoms with van der Waals surface area (Å²) >= 11 is 0. The normalized spacial score (nSPS) is 12.2. The third-order valence-electron chi connectivity index (χ3n) is 2.40. The number of sulfone groups is 1. The van der Waals surface area contributed by atoms with Crippen LogP contribution in [0.5, 0.6) is 5.75 Å². The third kappa shape index (κ3) is 5.58. The van der Waals surface area contributed by atoms with Gasteiger partial charge in [0.15, 0.2) is 0 Å². The van der Waals surface area contributed by atoms with Gasteiger partial charge in [-0.15, -0.1) is 0 Å². The Morgan fingerprint density at radius 1 is 1.33 bits per heavy atom. The lowest BCUT2D eigenvalue weighted by molar-refractivity contribution is -0.385. The second-order valence-corrected chi connectivity index (χ2v) is 6.53. The number of alkyl halides is 3. The van der Waals surface area contributed by atoms with Gasteiger partial charge in [-0.25, -0.2) is 8.42 Å². The summed E-state index contributed by atoms with van der Waals surface area (Å²) in [6.07, 6.45) is -3.79. The number of nitrogens with zero attached hydrogens (tertiary/aromatic N) is 1. The van der Waals surface area contributed by atoms with Crippen molar-refractivity contribution in [2.75, 3.05) is 18.6 Å². The van der Waals surface area contributed by atoms with E-state index in [2.05, 4.69) is 0 Å². The summed E-state index contributed by atoms with van der Waals surface area (Å²) in [6.45, 7) is -0.242. The molecule has 0 bridgehead atoms. The lowest BCUT2D eigenvalue weighted by Gasteiger charge is -2.13. The summed E-state index contributed by atoms with van der Waals surface area (Å²) < 4.78 is 65.0. The SMILES string of the molecule is CS(=O)(=O)CCCOc1ccc([N+](=O)[O-])cc1C(F)(F)F. The standard InChI is InChI=1S/C11H12F3NO5S/c1-21(18,19)6-2-5-20-10-4-3-8(15(16)17)7-9(10)11(12,13)14/h3-4,7H,2,5-6H2,1H3. The van der Waals surface area contributed by atoms with Crippen LogP contribution in [0, 0.1) is 10.1 Å². The fourth-order valence-electron chi connectivity index (χ4n) is 1.48. The molecule has 0 saturated heterocycles. The highest BCUT2D eigenvalue weighted by Crippen LogP contribution is 2.38. The van der Waals surface area contributed by atoms with E-state index in [-0.39, 0.29) is 18.8 Å². The van der Waals surface area contributed by atoms with Gasteiger partial charge in [-0.05, 0) is 12.5 Å². The van der Waals surface area contributed by atoms with Crippen LogP contribution in [0.25, 0.3) is 0 Å². The van der Waals surface area contributed by atoms with Crippen LogP contribution in [0.4, 0.5) is 18.9 Å². The van der Waals surface area contributed by atoms with E-state index in [1.165, 1.54) is 0 Å². The third-order valence-corrected chi connectivity index (χ3v) is 3.43. The minimum Gasteiger partial charge on any atom is -0.493 e. The highest BCUT2D eigenvalue weighted by molar-refractivity contribution is 7.90. The first-order valence-corrected chi connectivity index (χ1v) is 7.73. The van der Waals surface area contributed by atoms with E-state index in [4.69, 9.17) is 4.74 Å². The zero-order valence-corrected chi connectivity index (χ0v) is 11.7. The minimum absolute atomic E-state index is 0.0210. The average molecular weight is 327 g/mol. The van der Waals surface area contributed by atoms with E-state index in [1.807, 2.05) is 0 Å². The number of nitro benzene ring substituents is 1. The van der Waals surface area contributed by atoms with E-state index < -0.39 is 37.9 Å². The Morgan fingerprint density at radius 2 is 1.95 bits per heavy atom. The van der Waals surface area contributed by atoms with Crippen LogP contribution in [0.2, 0.25) is 0 Å². The molecule has 21 heavy (non-hydrogen) atoms. The summed E-state index contributed by atoms with van der Waals surface area (Å²) in [5, 5.41) is 10.5. The highest BCUT2D eigenvalue weighted by Gasteiger charge is 2.36. The van der Waals surface area contributed by atoms with E-state index in [9.17, 15) is 31.7 Å². The van der Waals surface area contributed by atoms with Gasteiger partial charge < -0.3 is 4.74 Å². The topological polar surface area (TPSA) is 86.5 Å². The Hall–Kier alpha value is -1.84. The number of benzene rings is 1. The fraction of sp³-hybridized carbons (Fsp3) is 0.455. The first kappa shape index (κ1) is 17.2. The Kier molecular flexibility index (Phi) is 5.15. The van der Waals surface area contributed by atoms with Gasteiger partial charge in [0.2, 0.25) is 0 Å². The predicted octanol–water partition coefficient (Wildman–Crippen LogP) is 2.43. The van der Waals surface area contributed by atoms with Gasteiger partial charge in [0.1, 0.15) is 21.2 Å². The monoisotopic (exact) mass is 327 g/mol. The largest absolute Gasteiger partial charge is 0.493 e. The van der Waals surface area contributed by atoms with Crippen LogP contribution in [0.15, 0.2) is 18.2 Å². The number of hydrogen-bond acceptors (Lipinski definition) is 5. The molecule has 0 amide bonds. The van der Waals surface area contributed by atoms with E-state index in [0.29, 0.717) is 6.07 Å². The molecule has 1 rings (SSSR count). The molecule has 0 saturated carbocycles. The lowest BCUT2D eigenvalue weighted by atomic mass is 10.1. The zero-order valence-electron chi connectivity index (χ0n) is 10.9. The van der Waals surface area contributed by atoms with Crippen molar-refractivity contribution in [2.45, 2.75) is 12.6 Å². The van der Waals surface area contributed by atoms with E-state index >= 15 is 0 Å². The van der Waals surface area contributed by atoms with Crippen LogP contribution in [0.3, 0.4) is 0 Å². The number of non-ortho nitro benzene ring substituents is 1. The van der Waals surface area contributed by atoms with Crippen LogP contribution in [0.1, 0.15) is 12.0 Å². The van der Waals surface area contributed by atoms with E-state index in [0.717, 1.165) is 18.4 Å². The predicted molar refractivity (Wildman–Crippen MR) is 67.9 cm³/mol. The van der Waals surface area contributed by atoms with Gasteiger partial charge in [-0.1, -0.05) is 0 Å². The summed E-state index contributed by atoms with van der Waals surface area (Å²) in [7, 11) is -3.23. The molecule has 0 radical (unpaired) electrons. The molecule has 118 valence electrons. The van der Waals surface area contributed by atoms with Crippen LogP contribution >= 0.6 is 0 Å². The molecule has 6 nitrogen and oxygen atoms in total. The molecule has 0 aliphatic heterocycles. The zero-order chi connectivity index (χ0) is 16.3. The molecule has 1 aromatic rings. The van der Waals surface area contributed by atoms with Crippen molar-refractivity contribution in [1.29, 1.82) is 0 Å². The Bertz CT molecular complexity index is 627. The Labute approximate surface area is 118 Å². The van der Waals surface area contributed by atoms with Crippen LogP contribution in [-0.2, 0) is 16.0 Å². The summed E-state index contributed by atoms with van der Waals surface area (Å²) in [4.78, 5) is 9.55. The maximum absolute atomic E-state index is 12.8. The molecule has 0 aliphatic rings. The van der Waals surface area contributed by atoms with Crippen LogP contribution in [-0.4, -0.2) is 32.0 Å². The number of hydrogen-bond donors (Lipinski definition) is 0. The number of rotatable bonds is 6. The quantitative estimate of drug-likeness (QED) is 0.455. The number of halogens is 3. The molecule has 0 heterocycles. The van der Waals surface area contributed by atoms with Crippen molar-refractivity contribution in [3.05, 3.63) is 33.9 Å². The number of ether oxygens (including phenoxy) is 1. The van der Waals surface area contributed by atoms with Gasteiger partial charge in [-0.2, -0.15) is 13.2 Å².